The van der Waals surface area contributed by atoms with Gasteiger partial charge in [-0.05, 0) is 43.5 Å². The number of rotatable bonds is 2. The standard InChI is InChI=1S/2C23H21.C3H6.2ClH.Hf/c2*1-23(2,3)18-14-17-10-7-13-21(22(17)15-18)20-12-6-9-16-8-4-5-11-19(16)20;1-3-2;;;/h2*4-15H,1-3H3;1-3H2;2*1H;/q2*-1;-2;;;/p-2. The Morgan fingerprint density at radius 1 is 0.423 bits per heavy atom. The van der Waals surface area contributed by atoms with Gasteiger partial charge in [-0.3, -0.25) is 0 Å². The minimum Gasteiger partial charge on any atom is -1.00 e. The van der Waals surface area contributed by atoms with Crippen molar-refractivity contribution in [3.63, 3.8) is 0 Å². The van der Waals surface area contributed by atoms with Gasteiger partial charge >= 0.3 is 0 Å². The number of halogens is 2. The van der Waals surface area contributed by atoms with Gasteiger partial charge in [-0.15, -0.1) is 69.1 Å². The Hall–Kier alpha value is -3.49. The van der Waals surface area contributed by atoms with E-state index in [9.17, 15) is 0 Å². The maximum atomic E-state index is 3.38. The molecule has 0 unspecified atom stereocenters. The molecular weight excluding hydrogens is 838 g/mol. The van der Waals surface area contributed by atoms with Crippen molar-refractivity contribution in [1.82, 2.24) is 0 Å². The number of benzene rings is 6. The molecule has 0 aliphatic rings. The molecule has 0 nitrogen and oxygen atoms in total. The molecule has 8 aromatic carbocycles. The van der Waals surface area contributed by atoms with E-state index in [2.05, 4.69) is 201 Å². The summed E-state index contributed by atoms with van der Waals surface area (Å²) in [6.07, 6.45) is 0.750. The molecule has 0 aliphatic heterocycles. The van der Waals surface area contributed by atoms with Crippen molar-refractivity contribution in [3.8, 4) is 22.3 Å². The van der Waals surface area contributed by atoms with Crippen LogP contribution in [0.1, 0.15) is 59.1 Å². The van der Waals surface area contributed by atoms with Gasteiger partial charge in [0, 0.05) is 25.8 Å². The summed E-state index contributed by atoms with van der Waals surface area (Å²) in [7, 11) is 0. The van der Waals surface area contributed by atoms with Crippen LogP contribution in [-0.2, 0) is 36.7 Å². The van der Waals surface area contributed by atoms with Crippen LogP contribution in [0.2, 0.25) is 0 Å². The van der Waals surface area contributed by atoms with Crippen molar-refractivity contribution in [1.29, 1.82) is 0 Å². The summed E-state index contributed by atoms with van der Waals surface area (Å²) in [5, 5.41) is 10.6. The van der Waals surface area contributed by atoms with Gasteiger partial charge in [0.15, 0.2) is 0 Å². The molecule has 268 valence electrons. The number of hydrogen-bond acceptors (Lipinski definition) is 0. The van der Waals surface area contributed by atoms with Crippen molar-refractivity contribution >= 4 is 43.1 Å². The van der Waals surface area contributed by atoms with Crippen molar-refractivity contribution in [2.75, 3.05) is 0 Å². The third-order valence-corrected chi connectivity index (χ3v) is 9.39. The summed E-state index contributed by atoms with van der Waals surface area (Å²) < 4.78 is 0. The van der Waals surface area contributed by atoms with Crippen molar-refractivity contribution in [2.45, 2.75) is 58.8 Å². The SMILES string of the molecule is CC(C)(C)c1cc2c(-c3cccc4ccccc34)cccc2[cH-]1.CC(C)(C)c1cc2c(-c3cccc4ccccc34)cccc2[cH-]1.[CH2-]C[CH2-].[Cl-].[Cl-].[Hf]. The van der Waals surface area contributed by atoms with Crippen LogP contribution in [0.25, 0.3) is 65.3 Å². The molecule has 0 aromatic heterocycles. The second-order valence-electron chi connectivity index (χ2n) is 15.0. The molecule has 0 N–H and O–H groups in total. The van der Waals surface area contributed by atoms with E-state index in [0.717, 1.165) is 6.42 Å². The first-order valence-corrected chi connectivity index (χ1v) is 17.4. The summed E-state index contributed by atoms with van der Waals surface area (Å²) in [5.74, 6) is 0. The predicted octanol–water partition coefficient (Wildman–Crippen LogP) is 8.40. The summed E-state index contributed by atoms with van der Waals surface area (Å²) in [4.78, 5) is 0. The van der Waals surface area contributed by atoms with Gasteiger partial charge in [0.05, 0.1) is 0 Å². The average Bonchev–Trinajstić information content (AvgIpc) is 3.74. The normalized spacial score (nSPS) is 11.1. The van der Waals surface area contributed by atoms with E-state index in [4.69, 9.17) is 0 Å². The first-order chi connectivity index (χ1) is 23.5. The van der Waals surface area contributed by atoms with Gasteiger partial charge in [0.2, 0.25) is 0 Å². The molecule has 3 heteroatoms. The van der Waals surface area contributed by atoms with Gasteiger partial charge in [-0.1, -0.05) is 150 Å². The van der Waals surface area contributed by atoms with E-state index in [0.29, 0.717) is 0 Å². The monoisotopic (exact) mass is 886 g/mol. The molecule has 52 heavy (non-hydrogen) atoms. The van der Waals surface area contributed by atoms with E-state index in [1.54, 1.807) is 0 Å². The molecule has 0 bridgehead atoms. The minimum atomic E-state index is 0. The van der Waals surface area contributed by atoms with Crippen LogP contribution in [0, 0.1) is 13.8 Å². The van der Waals surface area contributed by atoms with Crippen LogP contribution in [0.5, 0.6) is 0 Å². The van der Waals surface area contributed by atoms with Gasteiger partial charge in [-0.25, -0.2) is 0 Å². The zero-order valence-corrected chi connectivity index (χ0v) is 36.3. The zero-order valence-electron chi connectivity index (χ0n) is 31.2. The maximum Gasteiger partial charge on any atom is 0 e. The third kappa shape index (κ3) is 9.17. The van der Waals surface area contributed by atoms with Gasteiger partial charge < -0.3 is 45.1 Å². The molecule has 0 saturated heterocycles. The maximum absolute atomic E-state index is 3.38. The molecule has 0 fully saturated rings. The Labute approximate surface area is 343 Å². The third-order valence-electron chi connectivity index (χ3n) is 9.39. The molecule has 0 spiro atoms. The van der Waals surface area contributed by atoms with Gasteiger partial charge in [0.1, 0.15) is 0 Å². The minimum absolute atomic E-state index is 0. The molecule has 0 amide bonds. The summed E-state index contributed by atoms with van der Waals surface area (Å²) >= 11 is 0. The Bertz CT molecular complexity index is 2180. The van der Waals surface area contributed by atoms with Crippen LogP contribution >= 0.6 is 0 Å². The fraction of sp³-hybridized carbons (Fsp3) is 0.184. The van der Waals surface area contributed by atoms with Crippen LogP contribution in [0.3, 0.4) is 0 Å². The van der Waals surface area contributed by atoms with Crippen molar-refractivity contribution in [3.05, 3.63) is 171 Å². The number of hydrogen-bond donors (Lipinski definition) is 0. The van der Waals surface area contributed by atoms with Crippen LogP contribution in [0.4, 0.5) is 0 Å². The fourth-order valence-electron chi connectivity index (χ4n) is 6.73. The van der Waals surface area contributed by atoms with Crippen LogP contribution in [0.15, 0.2) is 146 Å². The first-order valence-electron chi connectivity index (χ1n) is 17.4. The summed E-state index contributed by atoms with van der Waals surface area (Å²) in [6, 6.07) is 53.1. The van der Waals surface area contributed by atoms with Gasteiger partial charge in [-0.2, -0.15) is 12.1 Å². The molecule has 0 heterocycles. The smallest absolute Gasteiger partial charge is 0 e. The Morgan fingerprint density at radius 2 is 0.712 bits per heavy atom. The topological polar surface area (TPSA) is 0 Å². The van der Waals surface area contributed by atoms with E-state index in [1.165, 1.54) is 76.5 Å². The number of fused-ring (bicyclic) bond motifs is 4. The van der Waals surface area contributed by atoms with Crippen molar-refractivity contribution in [2.24, 2.45) is 0 Å². The Kier molecular flexibility index (Phi) is 14.9. The van der Waals surface area contributed by atoms with E-state index >= 15 is 0 Å². The van der Waals surface area contributed by atoms with Crippen molar-refractivity contribution < 1.29 is 50.7 Å². The van der Waals surface area contributed by atoms with Gasteiger partial charge in [0.25, 0.3) is 0 Å². The van der Waals surface area contributed by atoms with E-state index in [1.807, 2.05) is 0 Å². The molecule has 0 saturated carbocycles. The van der Waals surface area contributed by atoms with Crippen LogP contribution in [-0.4, -0.2) is 0 Å². The molecular formula is C49H48Cl2Hf-6. The molecule has 0 atom stereocenters. The molecule has 8 aromatic rings. The summed E-state index contributed by atoms with van der Waals surface area (Å²) in [5.41, 5.74) is 8.45. The Morgan fingerprint density at radius 3 is 1.06 bits per heavy atom. The fourth-order valence-corrected chi connectivity index (χ4v) is 6.73. The first kappa shape index (κ1) is 42.9. The quantitative estimate of drug-likeness (QED) is 0.121. The van der Waals surface area contributed by atoms with E-state index in [-0.39, 0.29) is 61.5 Å². The second-order valence-corrected chi connectivity index (χ2v) is 15.0. The largest absolute Gasteiger partial charge is 1.00 e. The molecule has 8 rings (SSSR count). The van der Waals surface area contributed by atoms with E-state index < -0.39 is 0 Å². The average molecular weight is 886 g/mol. The second kappa shape index (κ2) is 18.0. The zero-order chi connectivity index (χ0) is 34.8. The van der Waals surface area contributed by atoms with Crippen LogP contribution < -0.4 is 24.8 Å². The molecule has 0 aliphatic carbocycles. The Balaban J connectivity index is 0.000000248. The predicted molar refractivity (Wildman–Crippen MR) is 218 cm³/mol. The summed E-state index contributed by atoms with van der Waals surface area (Å²) in [6.45, 7) is 20.4. The molecule has 0 radical (unpaired) electrons.